The van der Waals surface area contributed by atoms with Gasteiger partial charge in [-0.05, 0) is 19.8 Å². The van der Waals surface area contributed by atoms with Gasteiger partial charge >= 0.3 is 0 Å². The molecule has 0 saturated carbocycles. The second kappa shape index (κ2) is 10.9. The molecule has 1 fully saturated rings. The molecule has 6 nitrogen and oxygen atoms in total. The average molecular weight is 460 g/mol. The second-order valence-corrected chi connectivity index (χ2v) is 10.3. The predicted octanol–water partition coefficient (Wildman–Crippen LogP) is 3.68. The first-order chi connectivity index (χ1) is 14.9. The number of benzene rings is 1. The number of nitrogens with one attached hydrogen (secondary N) is 1. The van der Waals surface area contributed by atoms with Crippen molar-refractivity contribution >= 4 is 40.0 Å². The van der Waals surface area contributed by atoms with Crippen molar-refractivity contribution in [3.8, 4) is 11.3 Å². The normalized spacial score (nSPS) is 16.9. The lowest BCUT2D eigenvalue weighted by atomic mass is 10.1. The number of hydrogen-bond donors (Lipinski definition) is 1. The minimum atomic E-state index is -0.421. The topological polar surface area (TPSA) is 79.4 Å². The van der Waals surface area contributed by atoms with E-state index >= 15 is 0 Å². The third-order valence-electron chi connectivity index (χ3n) is 5.32. The maximum Gasteiger partial charge on any atom is 0.242 e. The molecule has 1 N–H and O–H groups in total. The van der Waals surface area contributed by atoms with E-state index in [1.54, 1.807) is 16.2 Å². The minimum absolute atomic E-state index is 0.00297. The van der Waals surface area contributed by atoms with Crippen LogP contribution in [-0.4, -0.2) is 51.7 Å². The lowest BCUT2D eigenvalue weighted by Crippen LogP contribution is -2.48. The number of thiazole rings is 1. The molecular formula is C23H29N3O3S2. The van der Waals surface area contributed by atoms with Crippen LogP contribution in [0.15, 0.2) is 30.3 Å². The number of aryl methyl sites for hydroxylation is 1. The van der Waals surface area contributed by atoms with Crippen molar-refractivity contribution in [3.05, 3.63) is 40.2 Å². The van der Waals surface area contributed by atoms with E-state index in [9.17, 15) is 14.4 Å². The Morgan fingerprint density at radius 2 is 2.03 bits per heavy atom. The van der Waals surface area contributed by atoms with E-state index in [4.69, 9.17) is 4.98 Å². The Labute approximate surface area is 191 Å². The largest absolute Gasteiger partial charge is 0.354 e. The predicted molar refractivity (Wildman–Crippen MR) is 126 cm³/mol. The summed E-state index contributed by atoms with van der Waals surface area (Å²) in [4.78, 5) is 44.3. The molecule has 31 heavy (non-hydrogen) atoms. The molecule has 3 rings (SSSR count). The molecule has 8 heteroatoms. The zero-order valence-electron chi connectivity index (χ0n) is 18.2. The number of aromatic nitrogens is 1. The Morgan fingerprint density at radius 3 is 2.74 bits per heavy atom. The van der Waals surface area contributed by atoms with Gasteiger partial charge in [-0.15, -0.1) is 11.3 Å². The van der Waals surface area contributed by atoms with Gasteiger partial charge in [0.25, 0.3) is 0 Å². The van der Waals surface area contributed by atoms with Gasteiger partial charge < -0.3 is 10.2 Å². The summed E-state index contributed by atoms with van der Waals surface area (Å²) in [5.74, 6) is 0.0203. The van der Waals surface area contributed by atoms with E-state index in [-0.39, 0.29) is 22.8 Å². The van der Waals surface area contributed by atoms with Crippen LogP contribution in [0.4, 0.5) is 0 Å². The highest BCUT2D eigenvalue weighted by Crippen LogP contribution is 2.27. The number of likely N-dealkylation sites (tertiary alicyclic amines) is 1. The van der Waals surface area contributed by atoms with Gasteiger partial charge in [-0.25, -0.2) is 4.98 Å². The van der Waals surface area contributed by atoms with Crippen LogP contribution in [0.2, 0.25) is 0 Å². The van der Waals surface area contributed by atoms with E-state index in [2.05, 4.69) is 24.4 Å². The Hall–Kier alpha value is -2.19. The zero-order valence-corrected chi connectivity index (χ0v) is 19.9. The standard InChI is InChI=1S/C23H29N3O3S2/c1-15(14-30-17(3)27)23(29)26-13-7-10-19(26)22(28)24-12-11-20-25-21(16(2)31-20)18-8-5-4-6-9-18/h4-6,8-9,15,19H,7,10-14H2,1-3H3,(H,24,28)/t15-,19?/m1/s1. The first kappa shape index (κ1) is 23.5. The van der Waals surface area contributed by atoms with Crippen LogP contribution in [0.1, 0.15) is 36.6 Å². The summed E-state index contributed by atoms with van der Waals surface area (Å²) < 4.78 is 0. The van der Waals surface area contributed by atoms with Gasteiger partial charge in [-0.2, -0.15) is 0 Å². The molecule has 1 unspecified atom stereocenters. The molecule has 2 heterocycles. The molecular weight excluding hydrogens is 430 g/mol. The van der Waals surface area contributed by atoms with Crippen molar-refractivity contribution in [1.29, 1.82) is 0 Å². The van der Waals surface area contributed by atoms with E-state index in [0.717, 1.165) is 39.3 Å². The molecule has 2 amide bonds. The molecule has 0 radical (unpaired) electrons. The van der Waals surface area contributed by atoms with Gasteiger partial charge in [-0.3, -0.25) is 14.4 Å². The van der Waals surface area contributed by atoms with Crippen molar-refractivity contribution < 1.29 is 14.4 Å². The van der Waals surface area contributed by atoms with Gasteiger partial charge in [0, 0.05) is 48.5 Å². The Bertz CT molecular complexity index is 929. The minimum Gasteiger partial charge on any atom is -0.354 e. The van der Waals surface area contributed by atoms with Crippen LogP contribution < -0.4 is 5.32 Å². The second-order valence-electron chi connectivity index (χ2n) is 7.81. The van der Waals surface area contributed by atoms with Gasteiger partial charge in [0.1, 0.15) is 6.04 Å². The van der Waals surface area contributed by atoms with Gasteiger partial charge in [0.05, 0.1) is 10.7 Å². The third kappa shape index (κ3) is 6.17. The summed E-state index contributed by atoms with van der Waals surface area (Å²) >= 11 is 2.81. The van der Waals surface area contributed by atoms with E-state index in [0.29, 0.717) is 31.7 Å². The molecule has 1 aromatic carbocycles. The number of carbonyl (C=O) groups excluding carboxylic acids is 3. The quantitative estimate of drug-likeness (QED) is 0.651. The molecule has 0 bridgehead atoms. The summed E-state index contributed by atoms with van der Waals surface area (Å²) in [6, 6.07) is 9.67. The molecule has 1 aromatic heterocycles. The summed E-state index contributed by atoms with van der Waals surface area (Å²) in [7, 11) is 0. The Kier molecular flexibility index (Phi) is 8.26. The van der Waals surface area contributed by atoms with Crippen molar-refractivity contribution in [2.75, 3.05) is 18.8 Å². The smallest absolute Gasteiger partial charge is 0.242 e. The van der Waals surface area contributed by atoms with Crippen LogP contribution >= 0.6 is 23.1 Å². The van der Waals surface area contributed by atoms with Crippen LogP contribution in [0, 0.1) is 12.8 Å². The Morgan fingerprint density at radius 1 is 1.29 bits per heavy atom. The fourth-order valence-electron chi connectivity index (χ4n) is 3.73. The van der Waals surface area contributed by atoms with Gasteiger partial charge in [0.2, 0.25) is 11.8 Å². The van der Waals surface area contributed by atoms with Crippen molar-refractivity contribution in [2.45, 2.75) is 46.1 Å². The summed E-state index contributed by atoms with van der Waals surface area (Å²) in [5.41, 5.74) is 2.10. The lowest BCUT2D eigenvalue weighted by molar-refractivity contribution is -0.140. The van der Waals surface area contributed by atoms with E-state index in [1.165, 1.54) is 6.92 Å². The fourth-order valence-corrected chi connectivity index (χ4v) is 5.31. The number of nitrogens with zero attached hydrogens (tertiary/aromatic N) is 2. The molecule has 2 atom stereocenters. The highest BCUT2D eigenvalue weighted by Gasteiger charge is 2.35. The van der Waals surface area contributed by atoms with Crippen LogP contribution in [0.3, 0.4) is 0 Å². The SMILES string of the molecule is CC(=O)SC[C@@H](C)C(=O)N1CCCC1C(=O)NCCc1nc(-c2ccccc2)c(C)s1. The first-order valence-electron chi connectivity index (χ1n) is 10.6. The van der Waals surface area contributed by atoms with E-state index < -0.39 is 6.04 Å². The summed E-state index contributed by atoms with van der Waals surface area (Å²) in [6.45, 7) is 6.48. The molecule has 2 aromatic rings. The van der Waals surface area contributed by atoms with Crippen LogP contribution in [0.25, 0.3) is 11.3 Å². The molecule has 166 valence electrons. The fraction of sp³-hybridized carbons (Fsp3) is 0.478. The third-order valence-corrected chi connectivity index (χ3v) is 7.43. The first-order valence-corrected chi connectivity index (χ1v) is 12.4. The van der Waals surface area contributed by atoms with Crippen molar-refractivity contribution in [1.82, 2.24) is 15.2 Å². The number of amides is 2. The maximum atomic E-state index is 12.8. The monoisotopic (exact) mass is 459 g/mol. The van der Waals surface area contributed by atoms with Crippen molar-refractivity contribution in [2.24, 2.45) is 5.92 Å². The van der Waals surface area contributed by atoms with Gasteiger partial charge in [-0.1, -0.05) is 49.0 Å². The number of carbonyl (C=O) groups is 3. The van der Waals surface area contributed by atoms with E-state index in [1.807, 2.05) is 25.1 Å². The molecule has 0 spiro atoms. The van der Waals surface area contributed by atoms with Crippen LogP contribution in [-0.2, 0) is 20.8 Å². The number of rotatable bonds is 8. The van der Waals surface area contributed by atoms with Crippen LogP contribution in [0.5, 0.6) is 0 Å². The summed E-state index contributed by atoms with van der Waals surface area (Å²) in [6.07, 6.45) is 2.16. The number of thioether (sulfide) groups is 1. The summed E-state index contributed by atoms with van der Waals surface area (Å²) in [5, 5.41) is 3.98. The molecule has 1 aliphatic rings. The lowest BCUT2D eigenvalue weighted by Gasteiger charge is -2.26. The molecule has 1 saturated heterocycles. The number of hydrogen-bond acceptors (Lipinski definition) is 6. The molecule has 1 aliphatic heterocycles. The van der Waals surface area contributed by atoms with Crippen molar-refractivity contribution in [3.63, 3.8) is 0 Å². The van der Waals surface area contributed by atoms with Gasteiger partial charge in [0.15, 0.2) is 5.12 Å². The highest BCUT2D eigenvalue weighted by molar-refractivity contribution is 8.13. The highest BCUT2D eigenvalue weighted by atomic mass is 32.2. The average Bonchev–Trinajstić information content (AvgIpc) is 3.39. The molecule has 0 aliphatic carbocycles. The Balaban J connectivity index is 1.52. The zero-order chi connectivity index (χ0) is 22.4. The maximum absolute atomic E-state index is 12.8.